The first-order valence-electron chi connectivity index (χ1n) is 9.23. The number of hydrogen-bond donors (Lipinski definition) is 1. The summed E-state index contributed by atoms with van der Waals surface area (Å²) in [6, 6.07) is 5.60. The van der Waals surface area contributed by atoms with Gasteiger partial charge in [-0.15, -0.1) is 0 Å². The summed E-state index contributed by atoms with van der Waals surface area (Å²) in [5, 5.41) is 10.4. The molecule has 1 aromatic rings. The van der Waals surface area contributed by atoms with Crippen molar-refractivity contribution in [1.82, 2.24) is 4.90 Å². The zero-order valence-electron chi connectivity index (χ0n) is 16.6. The van der Waals surface area contributed by atoms with Crippen molar-refractivity contribution >= 4 is 39.9 Å². The normalized spacial score (nSPS) is 19.7. The lowest BCUT2D eigenvalue weighted by molar-refractivity contribution is -0.131. The van der Waals surface area contributed by atoms with E-state index in [9.17, 15) is 19.5 Å². The summed E-state index contributed by atoms with van der Waals surface area (Å²) in [6.07, 6.45) is 0.160. The van der Waals surface area contributed by atoms with Crippen LogP contribution >= 0.6 is 22.6 Å². The fraction of sp³-hybridized carbons (Fsp3) is 0.571. The summed E-state index contributed by atoms with van der Waals surface area (Å²) in [7, 11) is 0. The Bertz CT molecular complexity index is 764. The van der Waals surface area contributed by atoms with Crippen LogP contribution in [0.4, 0.5) is 0 Å². The van der Waals surface area contributed by atoms with Crippen molar-refractivity contribution in [2.24, 2.45) is 5.92 Å². The van der Waals surface area contributed by atoms with Crippen molar-refractivity contribution in [2.75, 3.05) is 6.54 Å². The van der Waals surface area contributed by atoms with Crippen LogP contribution in [0.25, 0.3) is 0 Å². The molecule has 0 saturated carbocycles. The largest absolute Gasteiger partial charge is 0.367 e. The number of hydrogen-bond acceptors (Lipinski definition) is 5. The maximum Gasteiger partial charge on any atom is 0.168 e. The summed E-state index contributed by atoms with van der Waals surface area (Å²) in [5.74, 6) is -1.51. The zero-order valence-corrected chi connectivity index (χ0v) is 18.8. The monoisotopic (exact) mass is 485 g/mol. The highest BCUT2D eigenvalue weighted by Crippen LogP contribution is 2.38. The number of alkyl halides is 1. The Morgan fingerprint density at radius 1 is 1.33 bits per heavy atom. The van der Waals surface area contributed by atoms with E-state index >= 15 is 0 Å². The molecule has 148 valence electrons. The minimum atomic E-state index is -0.986. The molecule has 2 rings (SSSR count). The second-order valence-electron chi connectivity index (χ2n) is 8.13. The van der Waals surface area contributed by atoms with Gasteiger partial charge in [-0.2, -0.15) is 0 Å². The molecular weight excluding hydrogens is 457 g/mol. The number of benzene rings is 1. The molecule has 2 atom stereocenters. The average molecular weight is 485 g/mol. The summed E-state index contributed by atoms with van der Waals surface area (Å²) < 4.78 is -0.986. The van der Waals surface area contributed by atoms with Crippen LogP contribution in [-0.4, -0.2) is 37.6 Å². The first kappa shape index (κ1) is 22.2. The minimum Gasteiger partial charge on any atom is -0.367 e. The topological polar surface area (TPSA) is 74.7 Å². The number of rotatable bonds is 7. The molecule has 1 N–H and O–H groups in total. The van der Waals surface area contributed by atoms with Gasteiger partial charge in [-0.1, -0.05) is 32.9 Å². The molecule has 0 aromatic heterocycles. The van der Waals surface area contributed by atoms with Crippen molar-refractivity contribution in [2.45, 2.75) is 63.2 Å². The number of halogens is 1. The molecule has 2 unspecified atom stereocenters. The van der Waals surface area contributed by atoms with E-state index < -0.39 is 9.65 Å². The van der Waals surface area contributed by atoms with E-state index in [1.54, 1.807) is 19.9 Å². The standard InChI is InChI=1S/C21H28INO4/c1-6-18(25)16(13(2)24)10-19(26)14-7-8-17-15(9-14)11-23(21(5,22)27)12-20(17,3)4/h7-9,16,27H,6,10-12H2,1-5H3. The van der Waals surface area contributed by atoms with Crippen molar-refractivity contribution in [3.8, 4) is 0 Å². The Morgan fingerprint density at radius 3 is 2.48 bits per heavy atom. The van der Waals surface area contributed by atoms with Gasteiger partial charge >= 0.3 is 0 Å². The van der Waals surface area contributed by atoms with Gasteiger partial charge in [0.2, 0.25) is 0 Å². The van der Waals surface area contributed by atoms with E-state index in [1.165, 1.54) is 6.92 Å². The minimum absolute atomic E-state index is 0.0854. The molecule has 0 aliphatic carbocycles. The molecule has 0 bridgehead atoms. The Morgan fingerprint density at radius 2 is 1.96 bits per heavy atom. The van der Waals surface area contributed by atoms with Gasteiger partial charge < -0.3 is 5.11 Å². The molecule has 1 heterocycles. The van der Waals surface area contributed by atoms with Gasteiger partial charge in [-0.3, -0.25) is 19.3 Å². The number of carbonyl (C=O) groups excluding carboxylic acids is 3. The number of carbonyl (C=O) groups is 3. The highest BCUT2D eigenvalue weighted by Gasteiger charge is 2.38. The molecule has 1 aromatic carbocycles. The molecule has 0 fully saturated rings. The smallest absolute Gasteiger partial charge is 0.168 e. The van der Waals surface area contributed by atoms with Crippen molar-refractivity contribution < 1.29 is 19.5 Å². The fourth-order valence-electron chi connectivity index (χ4n) is 3.70. The Kier molecular flexibility index (Phi) is 6.64. The third-order valence-corrected chi connectivity index (χ3v) is 5.98. The van der Waals surface area contributed by atoms with Crippen LogP contribution in [0.5, 0.6) is 0 Å². The van der Waals surface area contributed by atoms with Crippen molar-refractivity contribution in [3.63, 3.8) is 0 Å². The van der Waals surface area contributed by atoms with E-state index in [0.29, 0.717) is 18.7 Å². The van der Waals surface area contributed by atoms with Gasteiger partial charge in [0.25, 0.3) is 0 Å². The first-order chi connectivity index (χ1) is 12.4. The highest BCUT2D eigenvalue weighted by atomic mass is 127. The van der Waals surface area contributed by atoms with Gasteiger partial charge in [0.1, 0.15) is 11.6 Å². The lowest BCUT2D eigenvalue weighted by Crippen LogP contribution is -2.50. The van der Waals surface area contributed by atoms with E-state index in [-0.39, 0.29) is 35.6 Å². The van der Waals surface area contributed by atoms with Crippen LogP contribution in [0, 0.1) is 5.92 Å². The van der Waals surface area contributed by atoms with E-state index in [2.05, 4.69) is 13.8 Å². The third kappa shape index (κ3) is 5.03. The molecule has 0 radical (unpaired) electrons. The van der Waals surface area contributed by atoms with Gasteiger partial charge in [0.05, 0.1) is 5.92 Å². The van der Waals surface area contributed by atoms with Gasteiger partial charge in [0.15, 0.2) is 9.51 Å². The summed E-state index contributed by atoms with van der Waals surface area (Å²) in [6.45, 7) is 10.3. The molecule has 5 nitrogen and oxygen atoms in total. The predicted molar refractivity (Wildman–Crippen MR) is 113 cm³/mol. The van der Waals surface area contributed by atoms with Crippen LogP contribution in [-0.2, 0) is 21.5 Å². The van der Waals surface area contributed by atoms with E-state index in [0.717, 1.165) is 11.1 Å². The quantitative estimate of drug-likeness (QED) is 0.210. The number of Topliss-reactive ketones (excluding diaryl/α,β-unsaturated/α-hetero) is 3. The van der Waals surface area contributed by atoms with Gasteiger partial charge in [-0.25, -0.2) is 0 Å². The molecule has 27 heavy (non-hydrogen) atoms. The third-order valence-electron chi connectivity index (χ3n) is 5.30. The molecule has 0 saturated heterocycles. The zero-order chi connectivity index (χ0) is 20.6. The van der Waals surface area contributed by atoms with E-state index in [1.807, 2.05) is 39.6 Å². The molecule has 0 amide bonds. The van der Waals surface area contributed by atoms with Crippen LogP contribution < -0.4 is 0 Å². The number of aliphatic hydroxyl groups is 1. The van der Waals surface area contributed by atoms with Crippen molar-refractivity contribution in [3.05, 3.63) is 34.9 Å². The lowest BCUT2D eigenvalue weighted by Gasteiger charge is -2.44. The fourth-order valence-corrected chi connectivity index (χ4v) is 4.05. The van der Waals surface area contributed by atoms with Gasteiger partial charge in [0, 0.05) is 36.9 Å². The summed E-state index contributed by atoms with van der Waals surface area (Å²) >= 11 is 2.01. The predicted octanol–water partition coefficient (Wildman–Crippen LogP) is 3.64. The second-order valence-corrected chi connectivity index (χ2v) is 10.2. The SMILES string of the molecule is CCC(=O)C(CC(=O)c1ccc2c(c1)CN(C(C)(O)I)CC2(C)C)C(C)=O. The average Bonchev–Trinajstić information content (AvgIpc) is 2.56. The second kappa shape index (κ2) is 8.09. The van der Waals surface area contributed by atoms with Crippen LogP contribution in [0.15, 0.2) is 18.2 Å². The van der Waals surface area contributed by atoms with Gasteiger partial charge in [-0.05, 0) is 53.6 Å². The Balaban J connectivity index is 2.33. The molecule has 0 spiro atoms. The number of nitrogens with zero attached hydrogens (tertiary/aromatic N) is 1. The summed E-state index contributed by atoms with van der Waals surface area (Å²) in [5.41, 5.74) is 2.50. The molecule has 1 aliphatic rings. The maximum atomic E-state index is 12.7. The Labute approximate surface area is 174 Å². The van der Waals surface area contributed by atoms with Crippen LogP contribution in [0.3, 0.4) is 0 Å². The summed E-state index contributed by atoms with van der Waals surface area (Å²) in [4.78, 5) is 38.5. The maximum absolute atomic E-state index is 12.7. The highest BCUT2D eigenvalue weighted by molar-refractivity contribution is 14.1. The van der Waals surface area contributed by atoms with E-state index in [4.69, 9.17) is 0 Å². The van der Waals surface area contributed by atoms with Crippen molar-refractivity contribution in [1.29, 1.82) is 0 Å². The van der Waals surface area contributed by atoms with Crippen LogP contribution in [0.1, 0.15) is 68.9 Å². The number of ketones is 3. The molecule has 6 heteroatoms. The molecular formula is C21H28INO4. The number of fused-ring (bicyclic) bond motifs is 1. The Hall–Kier alpha value is -1.12. The lowest BCUT2D eigenvalue weighted by atomic mass is 9.77. The molecule has 1 aliphatic heterocycles. The first-order valence-corrected chi connectivity index (χ1v) is 10.3. The van der Waals surface area contributed by atoms with Crippen LogP contribution in [0.2, 0.25) is 0 Å².